The molecular weight excluding hydrogens is 392 g/mol. The number of thioether (sulfide) groups is 2. The van der Waals surface area contributed by atoms with E-state index in [1.54, 1.807) is 29.6 Å². The van der Waals surface area contributed by atoms with Crippen molar-refractivity contribution in [2.45, 2.75) is 33.1 Å². The number of benzene rings is 1. The number of carbonyl (C=O) groups excluding carboxylic acids is 2. The van der Waals surface area contributed by atoms with E-state index in [1.807, 2.05) is 45.0 Å². The van der Waals surface area contributed by atoms with Gasteiger partial charge in [0.2, 0.25) is 5.78 Å². The molecule has 0 saturated carbocycles. The van der Waals surface area contributed by atoms with E-state index in [9.17, 15) is 9.59 Å². The van der Waals surface area contributed by atoms with Gasteiger partial charge in [0.25, 0.3) is 0 Å². The Bertz CT molecular complexity index is 918. The summed E-state index contributed by atoms with van der Waals surface area (Å²) < 4.78 is 8.49. The standard InChI is InChI=1S/C21H24N2O3S2/c1-4-23-14(2)11-18(15(23)3)19(24)12-26-20(25)17-8-6-5-7-16(17)13-28-21-22-9-10-27-21/h5-8,11H,4,9-10,12-13H2,1-3H3. The topological polar surface area (TPSA) is 60.7 Å². The van der Waals surface area contributed by atoms with Gasteiger partial charge in [-0.25, -0.2) is 4.79 Å². The largest absolute Gasteiger partial charge is 0.454 e. The van der Waals surface area contributed by atoms with Crippen LogP contribution in [0, 0.1) is 13.8 Å². The molecule has 5 nitrogen and oxygen atoms in total. The summed E-state index contributed by atoms with van der Waals surface area (Å²) in [7, 11) is 0. The average Bonchev–Trinajstić information content (AvgIpc) is 3.32. The number of ether oxygens (including phenoxy) is 1. The number of ketones is 1. The van der Waals surface area contributed by atoms with Gasteiger partial charge < -0.3 is 9.30 Å². The number of hydrogen-bond donors (Lipinski definition) is 0. The van der Waals surface area contributed by atoms with Gasteiger partial charge in [-0.15, -0.1) is 0 Å². The second kappa shape index (κ2) is 9.47. The lowest BCUT2D eigenvalue weighted by Gasteiger charge is -2.09. The summed E-state index contributed by atoms with van der Waals surface area (Å²) in [4.78, 5) is 29.6. The number of nitrogens with zero attached hydrogens (tertiary/aromatic N) is 2. The molecular formula is C21H24N2O3S2. The van der Waals surface area contributed by atoms with Gasteiger partial charge in [-0.3, -0.25) is 9.79 Å². The third kappa shape index (κ3) is 4.70. The molecule has 0 amide bonds. The number of aromatic nitrogens is 1. The molecule has 2 heterocycles. The first-order chi connectivity index (χ1) is 13.5. The third-order valence-corrected chi connectivity index (χ3v) is 6.97. The van der Waals surface area contributed by atoms with Crippen LogP contribution in [0.15, 0.2) is 35.3 Å². The van der Waals surface area contributed by atoms with Crippen LogP contribution in [0.4, 0.5) is 0 Å². The molecule has 1 aromatic heterocycles. The van der Waals surface area contributed by atoms with Gasteiger partial charge in [-0.2, -0.15) is 0 Å². The Kier molecular flexibility index (Phi) is 7.02. The van der Waals surface area contributed by atoms with Crippen LogP contribution in [0.1, 0.15) is 44.6 Å². The number of aliphatic imine (C=N–C) groups is 1. The Balaban J connectivity index is 1.64. The van der Waals surface area contributed by atoms with E-state index in [0.717, 1.165) is 40.2 Å². The molecule has 148 valence electrons. The number of esters is 1. The summed E-state index contributed by atoms with van der Waals surface area (Å²) in [5.74, 6) is 1.04. The molecule has 0 bridgehead atoms. The Labute approximate surface area is 173 Å². The number of rotatable bonds is 7. The second-order valence-electron chi connectivity index (χ2n) is 6.47. The van der Waals surface area contributed by atoms with Crippen LogP contribution >= 0.6 is 23.5 Å². The molecule has 28 heavy (non-hydrogen) atoms. The molecule has 0 N–H and O–H groups in total. The Morgan fingerprint density at radius 2 is 2.04 bits per heavy atom. The molecule has 3 rings (SSSR count). The summed E-state index contributed by atoms with van der Waals surface area (Å²) in [6, 6.07) is 9.24. The van der Waals surface area contributed by atoms with Gasteiger partial charge in [0.05, 0.1) is 12.1 Å². The zero-order valence-electron chi connectivity index (χ0n) is 16.4. The van der Waals surface area contributed by atoms with E-state index in [2.05, 4.69) is 9.56 Å². The third-order valence-electron chi connectivity index (χ3n) is 4.67. The van der Waals surface area contributed by atoms with Crippen LogP contribution < -0.4 is 0 Å². The molecule has 1 aliphatic heterocycles. The van der Waals surface area contributed by atoms with Gasteiger partial charge in [0, 0.05) is 35.0 Å². The second-order valence-corrected chi connectivity index (χ2v) is 8.78. The van der Waals surface area contributed by atoms with E-state index < -0.39 is 5.97 Å². The lowest BCUT2D eigenvalue weighted by molar-refractivity contribution is 0.0473. The highest BCUT2D eigenvalue weighted by atomic mass is 32.2. The van der Waals surface area contributed by atoms with E-state index in [1.165, 1.54) is 0 Å². The van der Waals surface area contributed by atoms with Crippen molar-refractivity contribution in [3.05, 3.63) is 58.4 Å². The fraction of sp³-hybridized carbons (Fsp3) is 0.381. The zero-order chi connectivity index (χ0) is 20.1. The average molecular weight is 417 g/mol. The highest BCUT2D eigenvalue weighted by molar-refractivity contribution is 8.38. The van der Waals surface area contributed by atoms with Crippen molar-refractivity contribution >= 4 is 39.7 Å². The number of Topliss-reactive ketones (excluding diaryl/α,β-unsaturated/α-hetero) is 1. The van der Waals surface area contributed by atoms with Crippen LogP contribution in [0.2, 0.25) is 0 Å². The van der Waals surface area contributed by atoms with Crippen LogP contribution in [-0.2, 0) is 17.0 Å². The fourth-order valence-corrected chi connectivity index (χ4v) is 5.26. The normalized spacial score (nSPS) is 13.5. The van der Waals surface area contributed by atoms with Gasteiger partial charge in [0.1, 0.15) is 4.38 Å². The Morgan fingerprint density at radius 1 is 1.25 bits per heavy atom. The summed E-state index contributed by atoms with van der Waals surface area (Å²) in [6.07, 6.45) is 0. The first-order valence-electron chi connectivity index (χ1n) is 9.26. The van der Waals surface area contributed by atoms with Crippen LogP contribution in [0.3, 0.4) is 0 Å². The summed E-state index contributed by atoms with van der Waals surface area (Å²) in [5.41, 5.74) is 3.96. The first-order valence-corrected chi connectivity index (χ1v) is 11.2. The minimum Gasteiger partial charge on any atom is -0.454 e. The monoisotopic (exact) mass is 416 g/mol. The molecule has 0 aliphatic carbocycles. The van der Waals surface area contributed by atoms with Crippen LogP contribution in [-0.4, -0.2) is 39.6 Å². The quantitative estimate of drug-likeness (QED) is 0.491. The van der Waals surface area contributed by atoms with Crippen molar-refractivity contribution in [2.75, 3.05) is 18.9 Å². The summed E-state index contributed by atoms with van der Waals surface area (Å²) in [5, 5.41) is 0. The molecule has 0 spiro atoms. The van der Waals surface area contributed by atoms with Gasteiger partial charge >= 0.3 is 5.97 Å². The minimum absolute atomic E-state index is 0.176. The predicted molar refractivity (Wildman–Crippen MR) is 117 cm³/mol. The SMILES string of the molecule is CCn1c(C)cc(C(=O)COC(=O)c2ccccc2CSC2=NCCS2)c1C. The lowest BCUT2D eigenvalue weighted by Crippen LogP contribution is -2.16. The molecule has 1 aliphatic rings. The van der Waals surface area contributed by atoms with E-state index in [0.29, 0.717) is 16.9 Å². The molecule has 7 heteroatoms. The van der Waals surface area contributed by atoms with E-state index in [4.69, 9.17) is 4.74 Å². The summed E-state index contributed by atoms with van der Waals surface area (Å²) >= 11 is 3.38. The molecule has 2 aromatic rings. The molecule has 0 fully saturated rings. The number of hydrogen-bond acceptors (Lipinski definition) is 6. The van der Waals surface area contributed by atoms with Crippen molar-refractivity contribution in [1.82, 2.24) is 4.57 Å². The minimum atomic E-state index is -0.463. The maximum absolute atomic E-state index is 12.6. The highest BCUT2D eigenvalue weighted by Gasteiger charge is 2.19. The van der Waals surface area contributed by atoms with Crippen molar-refractivity contribution in [3.63, 3.8) is 0 Å². The van der Waals surface area contributed by atoms with Crippen LogP contribution in [0.25, 0.3) is 0 Å². The number of aryl methyl sites for hydroxylation is 1. The number of carbonyl (C=O) groups is 2. The Morgan fingerprint density at radius 3 is 2.71 bits per heavy atom. The smallest absolute Gasteiger partial charge is 0.338 e. The maximum atomic E-state index is 12.6. The van der Waals surface area contributed by atoms with Crippen molar-refractivity contribution in [1.29, 1.82) is 0 Å². The molecule has 0 unspecified atom stereocenters. The molecule has 0 radical (unpaired) electrons. The van der Waals surface area contributed by atoms with Gasteiger partial charge in [0.15, 0.2) is 6.61 Å². The Hall–Kier alpha value is -1.99. The predicted octanol–water partition coefficient (Wildman–Crippen LogP) is 4.50. The molecule has 0 saturated heterocycles. The zero-order valence-corrected chi connectivity index (χ0v) is 18.0. The molecule has 1 aromatic carbocycles. The van der Waals surface area contributed by atoms with Gasteiger partial charge in [-0.1, -0.05) is 41.7 Å². The fourth-order valence-electron chi connectivity index (χ4n) is 3.24. The van der Waals surface area contributed by atoms with E-state index >= 15 is 0 Å². The maximum Gasteiger partial charge on any atom is 0.338 e. The van der Waals surface area contributed by atoms with Crippen molar-refractivity contribution < 1.29 is 14.3 Å². The highest BCUT2D eigenvalue weighted by Crippen LogP contribution is 2.26. The van der Waals surface area contributed by atoms with Crippen LogP contribution in [0.5, 0.6) is 0 Å². The van der Waals surface area contributed by atoms with Gasteiger partial charge in [-0.05, 0) is 38.5 Å². The first kappa shape index (κ1) is 20.7. The summed E-state index contributed by atoms with van der Waals surface area (Å²) in [6.45, 7) is 7.34. The lowest BCUT2D eigenvalue weighted by atomic mass is 10.1. The van der Waals surface area contributed by atoms with Crippen molar-refractivity contribution in [3.8, 4) is 0 Å². The molecule has 0 atom stereocenters. The van der Waals surface area contributed by atoms with E-state index in [-0.39, 0.29) is 12.4 Å². The van der Waals surface area contributed by atoms with Crippen molar-refractivity contribution in [2.24, 2.45) is 4.99 Å².